The Morgan fingerprint density at radius 1 is 1.17 bits per heavy atom. The lowest BCUT2D eigenvalue weighted by atomic mass is 9.73. The predicted octanol–water partition coefficient (Wildman–Crippen LogP) is 3.11. The van der Waals surface area contributed by atoms with E-state index < -0.39 is 0 Å². The third-order valence-electron chi connectivity index (χ3n) is 4.73. The standard InChI is InChI=1S/C16H23NO/c1-2-14-4-3-5-15(12-14)18-13-16-6-9-17(10-7-16)11-8-16/h3-5,12H,2,6-11,13H2,1H3. The summed E-state index contributed by atoms with van der Waals surface area (Å²) >= 11 is 0. The van der Waals surface area contributed by atoms with Crippen LogP contribution in [0.15, 0.2) is 24.3 Å². The van der Waals surface area contributed by atoms with Gasteiger partial charge in [-0.3, -0.25) is 0 Å². The molecule has 0 spiro atoms. The Morgan fingerprint density at radius 3 is 2.56 bits per heavy atom. The van der Waals surface area contributed by atoms with E-state index in [-0.39, 0.29) is 0 Å². The number of aryl methyl sites for hydroxylation is 1. The van der Waals surface area contributed by atoms with E-state index in [1.807, 2.05) is 0 Å². The Kier molecular flexibility index (Phi) is 3.29. The van der Waals surface area contributed by atoms with Gasteiger partial charge in [0.2, 0.25) is 0 Å². The molecule has 1 aromatic rings. The molecule has 2 bridgehead atoms. The molecular formula is C16H23NO. The highest BCUT2D eigenvalue weighted by molar-refractivity contribution is 5.28. The quantitative estimate of drug-likeness (QED) is 0.808. The largest absolute Gasteiger partial charge is 0.493 e. The Balaban J connectivity index is 1.63. The van der Waals surface area contributed by atoms with Crippen molar-refractivity contribution in [2.24, 2.45) is 5.41 Å². The summed E-state index contributed by atoms with van der Waals surface area (Å²) in [6.45, 7) is 6.93. The summed E-state index contributed by atoms with van der Waals surface area (Å²) in [5.41, 5.74) is 1.83. The summed E-state index contributed by atoms with van der Waals surface area (Å²) in [7, 11) is 0. The van der Waals surface area contributed by atoms with E-state index in [9.17, 15) is 0 Å². The molecule has 0 unspecified atom stereocenters. The first-order valence-corrected chi connectivity index (χ1v) is 7.24. The van der Waals surface area contributed by atoms with Crippen LogP contribution in [0.4, 0.5) is 0 Å². The van der Waals surface area contributed by atoms with Crippen LogP contribution in [0.1, 0.15) is 31.7 Å². The lowest BCUT2D eigenvalue weighted by molar-refractivity contribution is -0.00767. The van der Waals surface area contributed by atoms with E-state index in [0.29, 0.717) is 5.41 Å². The molecular weight excluding hydrogens is 222 g/mol. The van der Waals surface area contributed by atoms with Crippen molar-refractivity contribution in [3.8, 4) is 5.75 Å². The second-order valence-electron chi connectivity index (χ2n) is 5.88. The second-order valence-corrected chi connectivity index (χ2v) is 5.88. The Hall–Kier alpha value is -1.02. The summed E-state index contributed by atoms with van der Waals surface area (Å²) in [5, 5.41) is 0. The molecule has 1 aromatic carbocycles. The molecule has 4 rings (SSSR count). The SMILES string of the molecule is CCc1cccc(OCC23CCN(CC2)CC3)c1. The first-order valence-electron chi connectivity index (χ1n) is 7.24. The molecule has 98 valence electrons. The molecule has 0 amide bonds. The van der Waals surface area contributed by atoms with Crippen LogP contribution in [0.2, 0.25) is 0 Å². The topological polar surface area (TPSA) is 12.5 Å². The fourth-order valence-corrected chi connectivity index (χ4v) is 3.20. The smallest absolute Gasteiger partial charge is 0.119 e. The third kappa shape index (κ3) is 2.39. The van der Waals surface area contributed by atoms with E-state index in [0.717, 1.165) is 18.8 Å². The zero-order valence-corrected chi connectivity index (χ0v) is 11.3. The van der Waals surface area contributed by atoms with Crippen molar-refractivity contribution >= 4 is 0 Å². The summed E-state index contributed by atoms with van der Waals surface area (Å²) in [6, 6.07) is 8.56. The Labute approximate surface area is 110 Å². The van der Waals surface area contributed by atoms with Crippen LogP contribution in [0, 0.1) is 5.41 Å². The molecule has 0 aromatic heterocycles. The van der Waals surface area contributed by atoms with Gasteiger partial charge in [-0.2, -0.15) is 0 Å². The van der Waals surface area contributed by atoms with Crippen molar-refractivity contribution in [2.45, 2.75) is 32.6 Å². The normalized spacial score (nSPS) is 30.4. The minimum Gasteiger partial charge on any atom is -0.493 e. The van der Waals surface area contributed by atoms with Crippen LogP contribution in [-0.2, 0) is 6.42 Å². The van der Waals surface area contributed by atoms with Crippen LogP contribution in [0.5, 0.6) is 5.75 Å². The average molecular weight is 245 g/mol. The summed E-state index contributed by atoms with van der Waals surface area (Å²) < 4.78 is 6.09. The second kappa shape index (κ2) is 4.93. The number of nitrogens with zero attached hydrogens (tertiary/aromatic N) is 1. The van der Waals surface area contributed by atoms with Crippen molar-refractivity contribution in [2.75, 3.05) is 26.2 Å². The molecule has 0 atom stereocenters. The minimum absolute atomic E-state index is 0.469. The fourth-order valence-electron chi connectivity index (χ4n) is 3.20. The van der Waals surface area contributed by atoms with Crippen molar-refractivity contribution in [1.82, 2.24) is 4.90 Å². The van der Waals surface area contributed by atoms with Gasteiger partial charge in [0.1, 0.15) is 5.75 Å². The van der Waals surface area contributed by atoms with Gasteiger partial charge in [-0.15, -0.1) is 0 Å². The van der Waals surface area contributed by atoms with Crippen LogP contribution >= 0.6 is 0 Å². The van der Waals surface area contributed by atoms with Gasteiger partial charge < -0.3 is 9.64 Å². The maximum Gasteiger partial charge on any atom is 0.119 e. The van der Waals surface area contributed by atoms with E-state index in [1.54, 1.807) is 0 Å². The molecule has 3 heterocycles. The van der Waals surface area contributed by atoms with E-state index in [1.165, 1.54) is 44.5 Å². The molecule has 3 fully saturated rings. The third-order valence-corrected chi connectivity index (χ3v) is 4.73. The van der Waals surface area contributed by atoms with E-state index in [2.05, 4.69) is 36.1 Å². The Bertz CT molecular complexity index is 394. The predicted molar refractivity (Wildman–Crippen MR) is 74.0 cm³/mol. The van der Waals surface area contributed by atoms with Crippen LogP contribution < -0.4 is 4.74 Å². The van der Waals surface area contributed by atoms with Gasteiger partial charge in [0.05, 0.1) is 6.61 Å². The highest BCUT2D eigenvalue weighted by atomic mass is 16.5. The lowest BCUT2D eigenvalue weighted by Gasteiger charge is -2.48. The van der Waals surface area contributed by atoms with Crippen molar-refractivity contribution < 1.29 is 4.74 Å². The molecule has 3 aliphatic heterocycles. The number of hydrogen-bond donors (Lipinski definition) is 0. The first-order chi connectivity index (χ1) is 8.80. The number of benzene rings is 1. The number of rotatable bonds is 4. The zero-order chi connectivity index (χ0) is 12.4. The summed E-state index contributed by atoms with van der Waals surface area (Å²) in [6.07, 6.45) is 5.04. The van der Waals surface area contributed by atoms with Crippen LogP contribution in [0.25, 0.3) is 0 Å². The number of ether oxygens (including phenoxy) is 1. The minimum atomic E-state index is 0.469. The monoisotopic (exact) mass is 245 g/mol. The summed E-state index contributed by atoms with van der Waals surface area (Å²) in [5.74, 6) is 1.05. The molecule has 0 N–H and O–H groups in total. The van der Waals surface area contributed by atoms with Crippen molar-refractivity contribution in [3.05, 3.63) is 29.8 Å². The molecule has 0 aliphatic carbocycles. The molecule has 0 saturated carbocycles. The van der Waals surface area contributed by atoms with Gasteiger partial charge in [0.25, 0.3) is 0 Å². The van der Waals surface area contributed by atoms with Gasteiger partial charge >= 0.3 is 0 Å². The van der Waals surface area contributed by atoms with E-state index >= 15 is 0 Å². The maximum atomic E-state index is 6.09. The molecule has 3 saturated heterocycles. The van der Waals surface area contributed by atoms with Gasteiger partial charge in [0, 0.05) is 5.41 Å². The molecule has 3 aliphatic rings. The lowest BCUT2D eigenvalue weighted by Crippen LogP contribution is -2.50. The number of fused-ring (bicyclic) bond motifs is 3. The average Bonchev–Trinajstić information content (AvgIpc) is 2.47. The summed E-state index contributed by atoms with van der Waals surface area (Å²) in [4.78, 5) is 2.58. The van der Waals surface area contributed by atoms with Gasteiger partial charge in [0.15, 0.2) is 0 Å². The number of hydrogen-bond acceptors (Lipinski definition) is 2. The molecule has 18 heavy (non-hydrogen) atoms. The highest BCUT2D eigenvalue weighted by Gasteiger charge is 2.39. The fraction of sp³-hybridized carbons (Fsp3) is 0.625. The van der Waals surface area contributed by atoms with Crippen molar-refractivity contribution in [3.63, 3.8) is 0 Å². The first kappa shape index (κ1) is 12.0. The van der Waals surface area contributed by atoms with Crippen molar-refractivity contribution in [1.29, 1.82) is 0 Å². The molecule has 2 nitrogen and oxygen atoms in total. The number of piperidine rings is 3. The van der Waals surface area contributed by atoms with E-state index in [4.69, 9.17) is 4.74 Å². The highest BCUT2D eigenvalue weighted by Crippen LogP contribution is 2.40. The zero-order valence-electron chi connectivity index (χ0n) is 11.3. The van der Waals surface area contributed by atoms with Gasteiger partial charge in [-0.25, -0.2) is 0 Å². The van der Waals surface area contributed by atoms with Crippen LogP contribution in [0.3, 0.4) is 0 Å². The van der Waals surface area contributed by atoms with Gasteiger partial charge in [-0.05, 0) is 63.0 Å². The maximum absolute atomic E-state index is 6.09. The van der Waals surface area contributed by atoms with Crippen LogP contribution in [-0.4, -0.2) is 31.1 Å². The molecule has 0 radical (unpaired) electrons. The molecule has 2 heteroatoms. The Morgan fingerprint density at radius 2 is 1.89 bits per heavy atom. The van der Waals surface area contributed by atoms with Gasteiger partial charge in [-0.1, -0.05) is 19.1 Å².